The molecule has 0 aliphatic heterocycles. The molecule has 0 aliphatic carbocycles. The van der Waals surface area contributed by atoms with E-state index in [-0.39, 0.29) is 0 Å². The smallest absolute Gasteiger partial charge is 0.0351 e. The second kappa shape index (κ2) is 9.44. The lowest BCUT2D eigenvalue weighted by molar-refractivity contribution is 0.277. The predicted molar refractivity (Wildman–Crippen MR) is 32.9 cm³/mol. The third-order valence-electron chi connectivity index (χ3n) is 0. The fraction of sp³-hybridized carbons (Fsp3) is 1.00. The molecule has 0 rings (SSSR count). The summed E-state index contributed by atoms with van der Waals surface area (Å²) in [6.45, 7) is 0. The molecule has 0 saturated carbocycles. The summed E-state index contributed by atoms with van der Waals surface area (Å²) in [5.74, 6) is 0. The van der Waals surface area contributed by atoms with Crippen molar-refractivity contribution < 1.29 is 8.95 Å². The van der Waals surface area contributed by atoms with Gasteiger partial charge in [-0.1, -0.05) is 0 Å². The van der Waals surface area contributed by atoms with Crippen molar-refractivity contribution in [2.75, 3.05) is 26.7 Å². The molecule has 0 unspecified atom stereocenters. The zero-order valence-corrected chi connectivity index (χ0v) is 6.04. The van der Waals surface area contributed by atoms with Gasteiger partial charge in [0.15, 0.2) is 0 Å². The Morgan fingerprint density at radius 2 is 1.29 bits per heavy atom. The van der Waals surface area contributed by atoms with E-state index in [9.17, 15) is 4.21 Å². The zero-order chi connectivity index (χ0) is 6.28. The summed E-state index contributed by atoms with van der Waals surface area (Å²) in [6.07, 6.45) is 3.28. The Hall–Kier alpha value is 0.110. The van der Waals surface area contributed by atoms with Crippen molar-refractivity contribution >= 4 is 10.8 Å². The minimum atomic E-state index is -0.611. The van der Waals surface area contributed by atoms with Crippen LogP contribution in [-0.4, -0.2) is 30.9 Å². The van der Waals surface area contributed by atoms with Crippen LogP contribution in [0.1, 0.15) is 0 Å². The topological polar surface area (TPSA) is 26.3 Å². The van der Waals surface area contributed by atoms with E-state index >= 15 is 0 Å². The van der Waals surface area contributed by atoms with Gasteiger partial charge in [0.1, 0.15) is 0 Å². The average Bonchev–Trinajstić information content (AvgIpc) is 1.33. The van der Waals surface area contributed by atoms with E-state index in [4.69, 9.17) is 0 Å². The van der Waals surface area contributed by atoms with E-state index in [1.165, 1.54) is 0 Å². The summed E-state index contributed by atoms with van der Waals surface area (Å²) < 4.78 is 13.8. The third kappa shape index (κ3) is 8530. The summed E-state index contributed by atoms with van der Waals surface area (Å²) >= 11 is 0. The third-order valence-corrected chi connectivity index (χ3v) is 0. The van der Waals surface area contributed by atoms with Crippen LogP contribution >= 0.6 is 0 Å². The number of hydrogen-bond acceptors (Lipinski definition) is 2. The summed E-state index contributed by atoms with van der Waals surface area (Å²) in [7, 11) is 2.64. The van der Waals surface area contributed by atoms with Crippen LogP contribution in [0.3, 0.4) is 0 Å². The quantitative estimate of drug-likeness (QED) is 0.463. The Morgan fingerprint density at radius 1 is 1.29 bits per heavy atom. The highest BCUT2D eigenvalue weighted by Gasteiger charge is 1.57. The maximum Gasteiger partial charge on any atom is 0.0351 e. The Morgan fingerprint density at radius 3 is 1.29 bits per heavy atom. The zero-order valence-electron chi connectivity index (χ0n) is 5.22. The van der Waals surface area contributed by atoms with Gasteiger partial charge in [-0.15, -0.1) is 0 Å². The van der Waals surface area contributed by atoms with Crippen molar-refractivity contribution in [1.29, 1.82) is 0 Å². The first-order chi connectivity index (χ1) is 3.15. The molecule has 0 saturated heterocycles. The van der Waals surface area contributed by atoms with Crippen LogP contribution in [0.4, 0.5) is 0 Å². The molecule has 3 heteroatoms. The van der Waals surface area contributed by atoms with Gasteiger partial charge in [-0.2, -0.15) is 0 Å². The van der Waals surface area contributed by atoms with Crippen LogP contribution in [0, 0.1) is 0 Å². The molecule has 0 amide bonds. The van der Waals surface area contributed by atoms with Gasteiger partial charge in [0.05, 0.1) is 0 Å². The van der Waals surface area contributed by atoms with Gasteiger partial charge in [-0.3, -0.25) is 4.21 Å². The Labute approximate surface area is 47.3 Å². The summed E-state index contributed by atoms with van der Waals surface area (Å²) in [5, 5.41) is 0. The maximum atomic E-state index is 9.56. The van der Waals surface area contributed by atoms with E-state index < -0.39 is 10.8 Å². The summed E-state index contributed by atoms with van der Waals surface area (Å²) in [6, 6.07) is 0. The summed E-state index contributed by atoms with van der Waals surface area (Å²) in [5.41, 5.74) is 0. The molecule has 0 aliphatic rings. The molecule has 0 aromatic carbocycles. The minimum absolute atomic E-state index is 0.611. The second-order valence-electron chi connectivity index (χ2n) is 1.15. The van der Waals surface area contributed by atoms with Gasteiger partial charge < -0.3 is 4.74 Å². The van der Waals surface area contributed by atoms with Crippen LogP contribution in [0.15, 0.2) is 0 Å². The van der Waals surface area contributed by atoms with E-state index in [2.05, 4.69) is 4.74 Å². The summed E-state index contributed by atoms with van der Waals surface area (Å²) in [4.78, 5) is 0. The number of hydrogen-bond donors (Lipinski definition) is 0. The van der Waals surface area contributed by atoms with Gasteiger partial charge in [0, 0.05) is 37.5 Å². The molecule has 0 bridgehead atoms. The first-order valence-corrected chi connectivity index (χ1v) is 3.77. The van der Waals surface area contributed by atoms with Gasteiger partial charge in [-0.25, -0.2) is 0 Å². The van der Waals surface area contributed by atoms with Crippen LogP contribution in [0.25, 0.3) is 0 Å². The van der Waals surface area contributed by atoms with E-state index in [1.807, 2.05) is 0 Å². The van der Waals surface area contributed by atoms with Crippen molar-refractivity contribution in [3.63, 3.8) is 0 Å². The second-order valence-corrected chi connectivity index (χ2v) is 2.63. The van der Waals surface area contributed by atoms with Crippen LogP contribution in [0.2, 0.25) is 0 Å². The van der Waals surface area contributed by atoms with Crippen molar-refractivity contribution in [2.45, 2.75) is 0 Å². The molecule has 7 heavy (non-hydrogen) atoms. The highest BCUT2D eigenvalue weighted by molar-refractivity contribution is 7.83. The maximum absolute atomic E-state index is 9.56. The van der Waals surface area contributed by atoms with Gasteiger partial charge >= 0.3 is 0 Å². The molecule has 0 aromatic rings. The first-order valence-electron chi connectivity index (χ1n) is 1.80. The van der Waals surface area contributed by atoms with E-state index in [0.717, 1.165) is 0 Å². The molecule has 0 aromatic heterocycles. The molecule has 0 heterocycles. The Balaban J connectivity index is 0. The molecule has 0 fully saturated rings. The van der Waals surface area contributed by atoms with Crippen LogP contribution in [0.5, 0.6) is 0 Å². The van der Waals surface area contributed by atoms with Crippen molar-refractivity contribution in [2.24, 2.45) is 0 Å². The fourth-order valence-electron chi connectivity index (χ4n) is 0. The van der Waals surface area contributed by atoms with Crippen molar-refractivity contribution in [3.05, 3.63) is 0 Å². The molecule has 0 atom stereocenters. The fourth-order valence-corrected chi connectivity index (χ4v) is 0. The van der Waals surface area contributed by atoms with Gasteiger partial charge in [0.25, 0.3) is 0 Å². The number of rotatable bonds is 0. The molecule has 2 nitrogen and oxygen atoms in total. The lowest BCUT2D eigenvalue weighted by Gasteiger charge is -1.61. The molecule has 46 valence electrons. The first kappa shape index (κ1) is 10.2. The standard InChI is InChI=1S/C2H6OS.C2H6O/c1-4(2)3;1-3-2/h1-2H3;1-2H3. The SMILES string of the molecule is COC.CS(C)=O. The predicted octanol–water partition coefficient (Wildman–Crippen LogP) is 0.257. The van der Waals surface area contributed by atoms with Gasteiger partial charge in [0.2, 0.25) is 0 Å². The van der Waals surface area contributed by atoms with Crippen molar-refractivity contribution in [3.8, 4) is 0 Å². The number of ether oxygens (including phenoxy) is 1. The van der Waals surface area contributed by atoms with E-state index in [1.54, 1.807) is 26.7 Å². The normalized spacial score (nSPS) is 7.57. The Bertz CT molecular complexity index is 41.0. The van der Waals surface area contributed by atoms with Crippen molar-refractivity contribution in [1.82, 2.24) is 0 Å². The molecular formula is C4H12O2S. The highest BCUT2D eigenvalue weighted by Crippen LogP contribution is 1.47. The minimum Gasteiger partial charge on any atom is -0.388 e. The lowest BCUT2D eigenvalue weighted by atomic mass is 11.6. The van der Waals surface area contributed by atoms with Gasteiger partial charge in [-0.05, 0) is 0 Å². The monoisotopic (exact) mass is 124 g/mol. The van der Waals surface area contributed by atoms with Crippen LogP contribution in [-0.2, 0) is 15.5 Å². The average molecular weight is 124 g/mol. The lowest BCUT2D eigenvalue weighted by Crippen LogP contribution is -1.70. The molecule has 0 radical (unpaired) electrons. The molecule has 0 spiro atoms. The largest absolute Gasteiger partial charge is 0.388 e. The molecular weight excluding hydrogens is 112 g/mol. The Kier molecular flexibility index (Phi) is 13.7. The van der Waals surface area contributed by atoms with E-state index in [0.29, 0.717) is 0 Å². The molecule has 0 N–H and O–H groups in total. The number of methoxy groups -OCH3 is 1. The van der Waals surface area contributed by atoms with Crippen LogP contribution < -0.4 is 0 Å². The highest BCUT2D eigenvalue weighted by atomic mass is 32.2.